The number of halogens is 1. The van der Waals surface area contributed by atoms with Gasteiger partial charge in [-0.15, -0.1) is 11.3 Å². The first-order valence-corrected chi connectivity index (χ1v) is 9.30. The average Bonchev–Trinajstić information content (AvgIpc) is 3.01. The first-order valence-electron chi connectivity index (χ1n) is 8.11. The van der Waals surface area contributed by atoms with Crippen LogP contribution >= 0.6 is 22.9 Å². The van der Waals surface area contributed by atoms with Crippen molar-refractivity contribution < 1.29 is 9.72 Å². The van der Waals surface area contributed by atoms with Gasteiger partial charge in [0.1, 0.15) is 5.01 Å². The molecule has 3 aromatic rings. The maximum Gasteiger partial charge on any atom is 0.273 e. The van der Waals surface area contributed by atoms with Crippen LogP contribution in [0.2, 0.25) is 5.02 Å². The van der Waals surface area contributed by atoms with Gasteiger partial charge in [-0.2, -0.15) is 0 Å². The fraction of sp³-hybridized carbons (Fsp3) is 0.158. The van der Waals surface area contributed by atoms with Gasteiger partial charge in [0, 0.05) is 32.7 Å². The van der Waals surface area contributed by atoms with Crippen LogP contribution in [0.25, 0.3) is 11.3 Å². The number of carbonyl (C=O) groups excluding carboxylic acids is 1. The Morgan fingerprint density at radius 1 is 1.22 bits per heavy atom. The maximum absolute atomic E-state index is 12.4. The molecule has 1 aromatic heterocycles. The molecule has 0 saturated carbocycles. The zero-order valence-corrected chi connectivity index (χ0v) is 16.2. The first kappa shape index (κ1) is 19.0. The quantitative estimate of drug-likeness (QED) is 0.485. The molecule has 1 amide bonds. The monoisotopic (exact) mass is 401 g/mol. The molecule has 0 radical (unpaired) electrons. The highest BCUT2D eigenvalue weighted by molar-refractivity contribution is 7.12. The Morgan fingerprint density at radius 2 is 1.93 bits per heavy atom. The minimum Gasteiger partial charge on any atom is -0.346 e. The van der Waals surface area contributed by atoms with Gasteiger partial charge in [0.15, 0.2) is 0 Å². The fourth-order valence-corrected chi connectivity index (χ4v) is 3.74. The average molecular weight is 402 g/mol. The van der Waals surface area contributed by atoms with Crippen LogP contribution in [0.15, 0.2) is 42.5 Å². The van der Waals surface area contributed by atoms with Crippen molar-refractivity contribution >= 4 is 34.5 Å². The highest BCUT2D eigenvalue weighted by atomic mass is 35.5. The highest BCUT2D eigenvalue weighted by Gasteiger charge is 2.18. The van der Waals surface area contributed by atoms with E-state index in [-0.39, 0.29) is 23.7 Å². The number of nitro groups is 1. The minimum absolute atomic E-state index is 0.0715. The van der Waals surface area contributed by atoms with E-state index < -0.39 is 4.92 Å². The SMILES string of the molecule is Cc1sc(CNC(=O)c2cccc([N+](=O)[O-])c2C)nc1-c1ccc(Cl)cc1. The van der Waals surface area contributed by atoms with Crippen molar-refractivity contribution in [1.82, 2.24) is 10.3 Å². The second-order valence-corrected chi connectivity index (χ2v) is 7.63. The Kier molecular flexibility index (Phi) is 5.53. The molecule has 3 rings (SSSR count). The van der Waals surface area contributed by atoms with Gasteiger partial charge in [0.05, 0.1) is 17.2 Å². The summed E-state index contributed by atoms with van der Waals surface area (Å²) in [5, 5.41) is 15.2. The summed E-state index contributed by atoms with van der Waals surface area (Å²) in [7, 11) is 0. The lowest BCUT2D eigenvalue weighted by Gasteiger charge is -2.06. The number of thiazole rings is 1. The van der Waals surface area contributed by atoms with Gasteiger partial charge >= 0.3 is 0 Å². The molecule has 0 aliphatic rings. The highest BCUT2D eigenvalue weighted by Crippen LogP contribution is 2.28. The summed E-state index contributed by atoms with van der Waals surface area (Å²) < 4.78 is 0. The number of nitro benzene ring substituents is 1. The number of aromatic nitrogens is 1. The summed E-state index contributed by atoms with van der Waals surface area (Å²) in [5.41, 5.74) is 2.37. The van der Waals surface area contributed by atoms with E-state index in [4.69, 9.17) is 11.6 Å². The van der Waals surface area contributed by atoms with E-state index in [1.807, 2.05) is 31.2 Å². The second kappa shape index (κ2) is 7.85. The van der Waals surface area contributed by atoms with Crippen molar-refractivity contribution in [3.05, 3.63) is 78.6 Å². The molecule has 27 heavy (non-hydrogen) atoms. The number of aryl methyl sites for hydroxylation is 1. The summed E-state index contributed by atoms with van der Waals surface area (Å²) >= 11 is 7.42. The predicted molar refractivity (Wildman–Crippen MR) is 106 cm³/mol. The number of hydrogen-bond donors (Lipinski definition) is 1. The van der Waals surface area contributed by atoms with Crippen LogP contribution in [-0.2, 0) is 6.54 Å². The predicted octanol–water partition coefficient (Wildman–Crippen LogP) is 4.92. The smallest absolute Gasteiger partial charge is 0.273 e. The van der Waals surface area contributed by atoms with Crippen LogP contribution in [0.1, 0.15) is 25.8 Å². The molecule has 1 heterocycles. The van der Waals surface area contributed by atoms with Crippen molar-refractivity contribution in [2.75, 3.05) is 0 Å². The van der Waals surface area contributed by atoms with E-state index in [9.17, 15) is 14.9 Å². The molecule has 6 nitrogen and oxygen atoms in total. The van der Waals surface area contributed by atoms with E-state index in [0.717, 1.165) is 21.1 Å². The Labute approximate surface area is 165 Å². The van der Waals surface area contributed by atoms with Crippen molar-refractivity contribution in [3.8, 4) is 11.3 Å². The summed E-state index contributed by atoms with van der Waals surface area (Å²) in [6, 6.07) is 11.9. The Hall–Kier alpha value is -2.77. The Balaban J connectivity index is 1.75. The van der Waals surface area contributed by atoms with E-state index in [1.165, 1.54) is 23.5 Å². The molecule has 0 fully saturated rings. The van der Waals surface area contributed by atoms with Crippen LogP contribution < -0.4 is 5.32 Å². The van der Waals surface area contributed by atoms with Crippen molar-refractivity contribution in [2.24, 2.45) is 0 Å². The molecule has 1 N–H and O–H groups in total. The molecular formula is C19H16ClN3O3S. The Bertz CT molecular complexity index is 1020. The van der Waals surface area contributed by atoms with Crippen LogP contribution in [-0.4, -0.2) is 15.8 Å². The van der Waals surface area contributed by atoms with Crippen LogP contribution in [0.5, 0.6) is 0 Å². The lowest BCUT2D eigenvalue weighted by molar-refractivity contribution is -0.385. The fourth-order valence-electron chi connectivity index (χ4n) is 2.72. The molecule has 0 atom stereocenters. The van der Waals surface area contributed by atoms with E-state index in [2.05, 4.69) is 10.3 Å². The van der Waals surface area contributed by atoms with Gasteiger partial charge in [0.25, 0.3) is 11.6 Å². The third-order valence-electron chi connectivity index (χ3n) is 4.11. The lowest BCUT2D eigenvalue weighted by Crippen LogP contribution is -2.23. The zero-order chi connectivity index (χ0) is 19.6. The molecule has 0 aliphatic carbocycles. The number of carbonyl (C=O) groups is 1. The lowest BCUT2D eigenvalue weighted by atomic mass is 10.1. The van der Waals surface area contributed by atoms with Crippen LogP contribution in [0, 0.1) is 24.0 Å². The van der Waals surface area contributed by atoms with Crippen LogP contribution in [0.3, 0.4) is 0 Å². The number of benzene rings is 2. The third-order valence-corrected chi connectivity index (χ3v) is 5.33. The second-order valence-electron chi connectivity index (χ2n) is 5.91. The molecule has 0 spiro atoms. The van der Waals surface area contributed by atoms with Gasteiger partial charge < -0.3 is 5.32 Å². The number of rotatable bonds is 5. The van der Waals surface area contributed by atoms with E-state index in [1.54, 1.807) is 13.0 Å². The van der Waals surface area contributed by atoms with Gasteiger partial charge in [-0.05, 0) is 32.0 Å². The minimum atomic E-state index is -0.491. The van der Waals surface area contributed by atoms with Crippen molar-refractivity contribution in [2.45, 2.75) is 20.4 Å². The van der Waals surface area contributed by atoms with E-state index in [0.29, 0.717) is 10.6 Å². The third kappa shape index (κ3) is 4.15. The summed E-state index contributed by atoms with van der Waals surface area (Å²) in [6.07, 6.45) is 0. The standard InChI is InChI=1S/C19H16ClN3O3S/c1-11-15(4-3-5-16(11)23(25)26)19(24)21-10-17-22-18(12(2)27-17)13-6-8-14(20)9-7-13/h3-9H,10H2,1-2H3,(H,21,24). The van der Waals surface area contributed by atoms with Gasteiger partial charge in [-0.1, -0.05) is 29.8 Å². The van der Waals surface area contributed by atoms with Gasteiger partial charge in [0.2, 0.25) is 0 Å². The molecule has 138 valence electrons. The van der Waals surface area contributed by atoms with Gasteiger partial charge in [-0.3, -0.25) is 14.9 Å². The molecular weight excluding hydrogens is 386 g/mol. The molecule has 8 heteroatoms. The molecule has 0 saturated heterocycles. The van der Waals surface area contributed by atoms with Crippen molar-refractivity contribution in [3.63, 3.8) is 0 Å². The summed E-state index contributed by atoms with van der Waals surface area (Å²) in [5.74, 6) is -0.364. The molecule has 0 unspecified atom stereocenters. The summed E-state index contributed by atoms with van der Waals surface area (Å²) in [6.45, 7) is 3.79. The maximum atomic E-state index is 12.4. The molecule has 0 aliphatic heterocycles. The van der Waals surface area contributed by atoms with Crippen LogP contribution in [0.4, 0.5) is 5.69 Å². The number of hydrogen-bond acceptors (Lipinski definition) is 5. The van der Waals surface area contributed by atoms with Crippen molar-refractivity contribution in [1.29, 1.82) is 0 Å². The zero-order valence-electron chi connectivity index (χ0n) is 14.7. The Morgan fingerprint density at radius 3 is 2.59 bits per heavy atom. The topological polar surface area (TPSA) is 85.1 Å². The molecule has 2 aromatic carbocycles. The number of nitrogens with zero attached hydrogens (tertiary/aromatic N) is 2. The van der Waals surface area contributed by atoms with Gasteiger partial charge in [-0.25, -0.2) is 4.98 Å². The number of amides is 1. The summed E-state index contributed by atoms with van der Waals surface area (Å²) in [4.78, 5) is 28.6. The normalized spacial score (nSPS) is 10.6. The van der Waals surface area contributed by atoms with E-state index >= 15 is 0 Å². The number of nitrogens with one attached hydrogen (secondary N) is 1. The largest absolute Gasteiger partial charge is 0.346 e. The molecule has 0 bridgehead atoms. The first-order chi connectivity index (χ1) is 12.9.